The number of piperazine rings is 1. The second-order valence-corrected chi connectivity index (χ2v) is 8.66. The average Bonchev–Trinajstić information content (AvgIpc) is 3.45. The van der Waals surface area contributed by atoms with Crippen LogP contribution in [-0.2, 0) is 4.79 Å². The number of amides is 1. The lowest BCUT2D eigenvalue weighted by Crippen LogP contribution is -2.54. The van der Waals surface area contributed by atoms with E-state index in [1.807, 2.05) is 9.80 Å². The van der Waals surface area contributed by atoms with Crippen molar-refractivity contribution in [2.24, 2.45) is 5.73 Å². The third-order valence-electron chi connectivity index (χ3n) is 6.92. The number of nitriles is 1. The Kier molecular flexibility index (Phi) is 5.81. The molecular weight excluding hydrogens is 381 g/mol. The molecule has 0 aliphatic carbocycles. The van der Waals surface area contributed by atoms with Crippen molar-refractivity contribution < 1.29 is 9.18 Å². The molecule has 0 spiro atoms. The summed E-state index contributed by atoms with van der Waals surface area (Å²) in [6.45, 7) is 8.40. The number of fused-ring (bicyclic) bond motifs is 2. The van der Waals surface area contributed by atoms with E-state index in [0.29, 0.717) is 6.54 Å². The van der Waals surface area contributed by atoms with Gasteiger partial charge in [0.05, 0.1) is 24.2 Å². The molecule has 1 amide bonds. The molecule has 6 nitrogen and oxygen atoms in total. The second kappa shape index (κ2) is 8.37. The Morgan fingerprint density at radius 2 is 2.13 bits per heavy atom. The minimum atomic E-state index is -0.293. The Morgan fingerprint density at radius 1 is 1.40 bits per heavy atom. The fourth-order valence-electron chi connectivity index (χ4n) is 5.39. The minimum absolute atomic E-state index is 0.0279. The van der Waals surface area contributed by atoms with Gasteiger partial charge in [-0.1, -0.05) is 25.6 Å². The molecule has 1 aromatic rings. The third-order valence-corrected chi connectivity index (χ3v) is 6.92. The highest BCUT2D eigenvalue weighted by molar-refractivity contribution is 5.86. The van der Waals surface area contributed by atoms with Gasteiger partial charge in [-0.05, 0) is 43.4 Å². The van der Waals surface area contributed by atoms with E-state index in [0.717, 1.165) is 50.0 Å². The van der Waals surface area contributed by atoms with E-state index in [9.17, 15) is 14.4 Å². The van der Waals surface area contributed by atoms with Gasteiger partial charge in [0.1, 0.15) is 11.9 Å². The molecule has 3 heterocycles. The predicted octanol–water partition coefficient (Wildman–Crippen LogP) is 2.39. The quantitative estimate of drug-likeness (QED) is 0.746. The second-order valence-electron chi connectivity index (χ2n) is 8.66. The van der Waals surface area contributed by atoms with Crippen LogP contribution < -0.4 is 5.73 Å². The van der Waals surface area contributed by atoms with Gasteiger partial charge in [-0.3, -0.25) is 9.69 Å². The molecule has 0 radical (unpaired) electrons. The van der Waals surface area contributed by atoms with Gasteiger partial charge in [0.15, 0.2) is 0 Å². The molecular formula is C23H30FN5O. The number of likely N-dealkylation sites (tertiary alicyclic amines) is 3. The molecule has 3 fully saturated rings. The van der Waals surface area contributed by atoms with E-state index in [1.54, 1.807) is 12.1 Å². The van der Waals surface area contributed by atoms with Gasteiger partial charge in [-0.25, -0.2) is 4.39 Å². The summed E-state index contributed by atoms with van der Waals surface area (Å²) in [5.41, 5.74) is 8.22. The molecule has 0 aromatic heterocycles. The van der Waals surface area contributed by atoms with E-state index >= 15 is 0 Å². The molecule has 7 heteroatoms. The number of hydrogen-bond donors (Lipinski definition) is 1. The molecule has 2 bridgehead atoms. The summed E-state index contributed by atoms with van der Waals surface area (Å²) in [6, 6.07) is 8.34. The summed E-state index contributed by atoms with van der Waals surface area (Å²) in [7, 11) is 0. The standard InChI is InChI=1S/C23H30FN5O/c1-3-21(16-6-8-17(24)9-7-16)29-19-11-22(23(29)30)27(13-19)14-20(26)15(2)28-10-4-5-18(28)12-25/h6-9,18-22H,2-5,10-11,13-14,26H2,1H3/t18?,19-,20-,21?,22?/m0/s1. The lowest BCUT2D eigenvalue weighted by Gasteiger charge is -2.40. The zero-order chi connectivity index (χ0) is 21.4. The minimum Gasteiger partial charge on any atom is -0.358 e. The summed E-state index contributed by atoms with van der Waals surface area (Å²) in [5.74, 6) is -0.129. The Balaban J connectivity index is 1.41. The largest absolute Gasteiger partial charge is 0.358 e. The number of benzene rings is 1. The summed E-state index contributed by atoms with van der Waals surface area (Å²) < 4.78 is 13.3. The summed E-state index contributed by atoms with van der Waals surface area (Å²) >= 11 is 0. The van der Waals surface area contributed by atoms with Gasteiger partial charge in [0.2, 0.25) is 5.91 Å². The zero-order valence-electron chi connectivity index (χ0n) is 17.5. The number of rotatable bonds is 7. The highest BCUT2D eigenvalue weighted by Gasteiger charge is 2.51. The monoisotopic (exact) mass is 411 g/mol. The zero-order valence-corrected chi connectivity index (χ0v) is 17.5. The Morgan fingerprint density at radius 3 is 2.77 bits per heavy atom. The van der Waals surface area contributed by atoms with E-state index < -0.39 is 0 Å². The highest BCUT2D eigenvalue weighted by Crippen LogP contribution is 2.39. The maximum Gasteiger partial charge on any atom is 0.240 e. The van der Waals surface area contributed by atoms with Crippen molar-refractivity contribution in [2.45, 2.75) is 62.8 Å². The summed E-state index contributed by atoms with van der Waals surface area (Å²) in [6.07, 6.45) is 3.43. The third kappa shape index (κ3) is 3.59. The molecule has 2 N–H and O–H groups in total. The smallest absolute Gasteiger partial charge is 0.240 e. The SMILES string of the molecule is C=C([C@@H](N)CN1C[C@@H]2CC1C(=O)N2C(CC)c1ccc(F)cc1)N1CCCC1C#N. The van der Waals surface area contributed by atoms with E-state index in [-0.39, 0.29) is 41.9 Å². The van der Waals surface area contributed by atoms with E-state index in [1.165, 1.54) is 12.1 Å². The molecule has 3 aliphatic heterocycles. The first-order chi connectivity index (χ1) is 14.4. The van der Waals surface area contributed by atoms with Crippen LogP contribution in [0.5, 0.6) is 0 Å². The fraction of sp³-hybridized carbons (Fsp3) is 0.565. The van der Waals surface area contributed by atoms with Crippen molar-refractivity contribution in [1.82, 2.24) is 14.7 Å². The highest BCUT2D eigenvalue weighted by atomic mass is 19.1. The van der Waals surface area contributed by atoms with Gasteiger partial charge >= 0.3 is 0 Å². The Hall–Kier alpha value is -2.43. The molecule has 3 aliphatic rings. The van der Waals surface area contributed by atoms with Gasteiger partial charge in [-0.2, -0.15) is 5.26 Å². The number of carbonyl (C=O) groups is 1. The molecule has 160 valence electrons. The van der Waals surface area contributed by atoms with Crippen molar-refractivity contribution in [2.75, 3.05) is 19.6 Å². The van der Waals surface area contributed by atoms with E-state index in [2.05, 4.69) is 24.5 Å². The number of hydrogen-bond acceptors (Lipinski definition) is 5. The Bertz CT molecular complexity index is 850. The first-order valence-corrected chi connectivity index (χ1v) is 10.9. The lowest BCUT2D eigenvalue weighted by atomic mass is 10.0. The first kappa shape index (κ1) is 20.8. The lowest BCUT2D eigenvalue weighted by molar-refractivity contribution is -0.139. The van der Waals surface area contributed by atoms with Gasteiger partial charge < -0.3 is 15.5 Å². The van der Waals surface area contributed by atoms with Gasteiger partial charge in [0.25, 0.3) is 0 Å². The molecule has 1 aromatic carbocycles. The van der Waals surface area contributed by atoms with Crippen LogP contribution in [0, 0.1) is 17.1 Å². The van der Waals surface area contributed by atoms with Gasteiger partial charge in [-0.15, -0.1) is 0 Å². The van der Waals surface area contributed by atoms with Crippen LogP contribution in [0.1, 0.15) is 44.2 Å². The van der Waals surface area contributed by atoms with Crippen LogP contribution in [0.25, 0.3) is 0 Å². The van der Waals surface area contributed by atoms with Crippen LogP contribution in [0.15, 0.2) is 36.5 Å². The topological polar surface area (TPSA) is 76.6 Å². The number of halogens is 1. The van der Waals surface area contributed by atoms with E-state index in [4.69, 9.17) is 5.73 Å². The molecule has 3 saturated heterocycles. The number of carbonyl (C=O) groups excluding carboxylic acids is 1. The van der Waals surface area contributed by atoms with Crippen LogP contribution >= 0.6 is 0 Å². The average molecular weight is 412 g/mol. The number of nitrogens with zero attached hydrogens (tertiary/aromatic N) is 4. The van der Waals surface area contributed by atoms with Crippen LogP contribution in [0.2, 0.25) is 0 Å². The molecule has 5 atom stereocenters. The van der Waals surface area contributed by atoms with Crippen molar-refractivity contribution in [1.29, 1.82) is 5.26 Å². The molecule has 0 saturated carbocycles. The number of nitrogens with two attached hydrogens (primary N) is 1. The summed E-state index contributed by atoms with van der Waals surface area (Å²) in [4.78, 5) is 19.4. The first-order valence-electron chi connectivity index (χ1n) is 10.9. The van der Waals surface area contributed by atoms with Crippen LogP contribution in [0.4, 0.5) is 4.39 Å². The van der Waals surface area contributed by atoms with Crippen molar-refractivity contribution in [3.05, 3.63) is 47.9 Å². The van der Waals surface area contributed by atoms with Crippen LogP contribution in [-0.4, -0.2) is 64.4 Å². The molecule has 4 rings (SSSR count). The summed E-state index contributed by atoms with van der Waals surface area (Å²) in [5, 5.41) is 9.33. The van der Waals surface area contributed by atoms with Crippen LogP contribution in [0.3, 0.4) is 0 Å². The predicted molar refractivity (Wildman–Crippen MR) is 113 cm³/mol. The van der Waals surface area contributed by atoms with Crippen molar-refractivity contribution in [3.63, 3.8) is 0 Å². The maximum atomic E-state index is 13.3. The molecule has 30 heavy (non-hydrogen) atoms. The molecule has 3 unspecified atom stereocenters. The maximum absolute atomic E-state index is 13.3. The van der Waals surface area contributed by atoms with Gasteiger partial charge in [0, 0.05) is 31.4 Å². The normalized spacial score (nSPS) is 28.1. The van der Waals surface area contributed by atoms with Crippen molar-refractivity contribution in [3.8, 4) is 6.07 Å². The van der Waals surface area contributed by atoms with Crippen molar-refractivity contribution >= 4 is 5.91 Å². The Labute approximate surface area is 177 Å². The fourth-order valence-corrected chi connectivity index (χ4v) is 5.39.